The number of benzene rings is 1. The zero-order chi connectivity index (χ0) is 9.97. The molecule has 4 nitrogen and oxygen atoms in total. The molecule has 0 atom stereocenters. The van der Waals surface area contributed by atoms with Gasteiger partial charge in [0.1, 0.15) is 5.69 Å². The van der Waals surface area contributed by atoms with E-state index < -0.39 is 0 Å². The van der Waals surface area contributed by atoms with E-state index in [0.29, 0.717) is 0 Å². The minimum absolute atomic E-state index is 0.217. The number of para-hydroxylation sites is 2. The molecule has 1 heterocycles. The van der Waals surface area contributed by atoms with Crippen molar-refractivity contribution in [2.45, 2.75) is 12.8 Å². The van der Waals surface area contributed by atoms with Gasteiger partial charge in [-0.25, -0.2) is 0 Å². The molecule has 0 N–H and O–H groups in total. The molecular formula is C10H12N2O2. The monoisotopic (exact) mass is 192 g/mol. The lowest BCUT2D eigenvalue weighted by atomic mass is 10.2. The zero-order valence-electron chi connectivity index (χ0n) is 7.85. The Morgan fingerprint density at radius 3 is 2.50 bits per heavy atom. The van der Waals surface area contributed by atoms with Gasteiger partial charge in [0.05, 0.1) is 4.92 Å². The molecule has 0 amide bonds. The summed E-state index contributed by atoms with van der Waals surface area (Å²) in [5.41, 5.74) is 0.976. The van der Waals surface area contributed by atoms with Crippen molar-refractivity contribution in [1.29, 1.82) is 0 Å². The Morgan fingerprint density at radius 1 is 1.21 bits per heavy atom. The molecule has 1 aliphatic rings. The van der Waals surface area contributed by atoms with Crippen LogP contribution in [0.2, 0.25) is 0 Å². The van der Waals surface area contributed by atoms with Crippen molar-refractivity contribution in [2.24, 2.45) is 0 Å². The van der Waals surface area contributed by atoms with Crippen LogP contribution in [0, 0.1) is 10.1 Å². The normalized spacial score (nSPS) is 15.9. The quantitative estimate of drug-likeness (QED) is 0.533. The van der Waals surface area contributed by atoms with E-state index in [2.05, 4.69) is 4.90 Å². The van der Waals surface area contributed by atoms with Gasteiger partial charge in [-0.3, -0.25) is 10.1 Å². The van der Waals surface area contributed by atoms with Crippen LogP contribution in [0.15, 0.2) is 24.3 Å². The summed E-state index contributed by atoms with van der Waals surface area (Å²) in [6, 6.07) is 6.94. The Hall–Kier alpha value is -1.58. The summed E-state index contributed by atoms with van der Waals surface area (Å²) in [5, 5.41) is 10.8. The second kappa shape index (κ2) is 3.65. The lowest BCUT2D eigenvalue weighted by molar-refractivity contribution is -0.384. The van der Waals surface area contributed by atoms with E-state index in [1.807, 2.05) is 12.1 Å². The topological polar surface area (TPSA) is 46.4 Å². The molecule has 0 aliphatic carbocycles. The Labute approximate surface area is 82.3 Å². The van der Waals surface area contributed by atoms with Crippen molar-refractivity contribution in [2.75, 3.05) is 18.0 Å². The first kappa shape index (κ1) is 8.99. The number of hydrogen-bond donors (Lipinski definition) is 0. The largest absolute Gasteiger partial charge is 0.366 e. The molecule has 74 valence electrons. The molecule has 1 aromatic rings. The highest BCUT2D eigenvalue weighted by Gasteiger charge is 2.20. The van der Waals surface area contributed by atoms with Crippen LogP contribution in [0.5, 0.6) is 0 Å². The minimum atomic E-state index is -0.312. The van der Waals surface area contributed by atoms with Crippen molar-refractivity contribution in [1.82, 2.24) is 0 Å². The first-order chi connectivity index (χ1) is 6.79. The second-order valence-corrected chi connectivity index (χ2v) is 3.44. The van der Waals surface area contributed by atoms with Crippen LogP contribution in [0.4, 0.5) is 11.4 Å². The number of nitro benzene ring substituents is 1. The molecule has 1 aromatic carbocycles. The third-order valence-electron chi connectivity index (χ3n) is 2.53. The van der Waals surface area contributed by atoms with E-state index in [1.165, 1.54) is 0 Å². The molecule has 0 radical (unpaired) electrons. The maximum absolute atomic E-state index is 10.8. The third-order valence-corrected chi connectivity index (χ3v) is 2.53. The number of nitrogens with zero attached hydrogens (tertiary/aromatic N) is 2. The van der Waals surface area contributed by atoms with E-state index in [-0.39, 0.29) is 10.6 Å². The molecule has 0 aromatic heterocycles. The zero-order valence-corrected chi connectivity index (χ0v) is 7.85. The van der Waals surface area contributed by atoms with Crippen molar-refractivity contribution in [3.63, 3.8) is 0 Å². The van der Waals surface area contributed by atoms with Gasteiger partial charge >= 0.3 is 0 Å². The van der Waals surface area contributed by atoms with E-state index in [1.54, 1.807) is 12.1 Å². The number of anilines is 1. The van der Waals surface area contributed by atoms with Crippen molar-refractivity contribution >= 4 is 11.4 Å². The Kier molecular flexibility index (Phi) is 2.35. The van der Waals surface area contributed by atoms with Crippen molar-refractivity contribution in [3.8, 4) is 0 Å². The standard InChI is InChI=1S/C10H12N2O2/c13-12(14)10-6-2-1-5-9(10)11-7-3-4-8-11/h1-2,5-6H,3-4,7-8H2. The highest BCUT2D eigenvalue weighted by Crippen LogP contribution is 2.29. The van der Waals surface area contributed by atoms with Gasteiger partial charge in [0.15, 0.2) is 0 Å². The lowest BCUT2D eigenvalue weighted by Gasteiger charge is -2.16. The van der Waals surface area contributed by atoms with E-state index in [0.717, 1.165) is 31.6 Å². The van der Waals surface area contributed by atoms with E-state index >= 15 is 0 Å². The summed E-state index contributed by atoms with van der Waals surface area (Å²) in [6.45, 7) is 1.87. The molecule has 14 heavy (non-hydrogen) atoms. The summed E-state index contributed by atoms with van der Waals surface area (Å²) >= 11 is 0. The Morgan fingerprint density at radius 2 is 1.86 bits per heavy atom. The van der Waals surface area contributed by atoms with Gasteiger partial charge in [-0.05, 0) is 18.9 Å². The molecule has 4 heteroatoms. The van der Waals surface area contributed by atoms with Crippen LogP contribution >= 0.6 is 0 Å². The van der Waals surface area contributed by atoms with E-state index in [9.17, 15) is 10.1 Å². The van der Waals surface area contributed by atoms with Gasteiger partial charge in [-0.1, -0.05) is 12.1 Å². The van der Waals surface area contributed by atoms with Gasteiger partial charge in [-0.15, -0.1) is 0 Å². The second-order valence-electron chi connectivity index (χ2n) is 3.44. The fourth-order valence-corrected chi connectivity index (χ4v) is 1.84. The molecule has 2 rings (SSSR count). The average molecular weight is 192 g/mol. The average Bonchev–Trinajstić information content (AvgIpc) is 2.70. The smallest absolute Gasteiger partial charge is 0.292 e. The number of nitro groups is 1. The van der Waals surface area contributed by atoms with Crippen LogP contribution in [-0.2, 0) is 0 Å². The SMILES string of the molecule is O=[N+]([O-])c1ccccc1N1CCCC1. The number of hydrogen-bond acceptors (Lipinski definition) is 3. The first-order valence-corrected chi connectivity index (χ1v) is 4.77. The predicted molar refractivity (Wildman–Crippen MR) is 54.5 cm³/mol. The fourth-order valence-electron chi connectivity index (χ4n) is 1.84. The summed E-state index contributed by atoms with van der Waals surface area (Å²) in [7, 11) is 0. The fraction of sp³-hybridized carbons (Fsp3) is 0.400. The van der Waals surface area contributed by atoms with Gasteiger partial charge in [0.25, 0.3) is 5.69 Å². The molecular weight excluding hydrogens is 180 g/mol. The minimum Gasteiger partial charge on any atom is -0.366 e. The molecule has 0 unspecified atom stereocenters. The van der Waals surface area contributed by atoms with Crippen LogP contribution in [0.3, 0.4) is 0 Å². The van der Waals surface area contributed by atoms with Gasteiger partial charge in [-0.2, -0.15) is 0 Å². The van der Waals surface area contributed by atoms with Crippen molar-refractivity contribution in [3.05, 3.63) is 34.4 Å². The maximum Gasteiger partial charge on any atom is 0.292 e. The Balaban J connectivity index is 2.35. The van der Waals surface area contributed by atoms with Crippen LogP contribution in [-0.4, -0.2) is 18.0 Å². The summed E-state index contributed by atoms with van der Waals surface area (Å²) in [4.78, 5) is 12.5. The first-order valence-electron chi connectivity index (χ1n) is 4.77. The summed E-state index contributed by atoms with van der Waals surface area (Å²) in [5.74, 6) is 0. The molecule has 0 spiro atoms. The van der Waals surface area contributed by atoms with Crippen LogP contribution in [0.25, 0.3) is 0 Å². The van der Waals surface area contributed by atoms with E-state index in [4.69, 9.17) is 0 Å². The molecule has 1 aliphatic heterocycles. The molecule has 1 fully saturated rings. The highest BCUT2D eigenvalue weighted by atomic mass is 16.6. The molecule has 0 saturated carbocycles. The molecule has 1 saturated heterocycles. The highest BCUT2D eigenvalue weighted by molar-refractivity contribution is 5.63. The Bertz CT molecular complexity index is 346. The maximum atomic E-state index is 10.8. The number of rotatable bonds is 2. The third kappa shape index (κ3) is 1.55. The van der Waals surface area contributed by atoms with Gasteiger partial charge in [0, 0.05) is 19.2 Å². The summed E-state index contributed by atoms with van der Waals surface area (Å²) in [6.07, 6.45) is 2.26. The van der Waals surface area contributed by atoms with Crippen LogP contribution in [0.1, 0.15) is 12.8 Å². The van der Waals surface area contributed by atoms with Gasteiger partial charge < -0.3 is 4.90 Å². The van der Waals surface area contributed by atoms with Crippen LogP contribution < -0.4 is 4.90 Å². The van der Waals surface area contributed by atoms with Crippen molar-refractivity contribution < 1.29 is 4.92 Å². The van der Waals surface area contributed by atoms with Gasteiger partial charge in [0.2, 0.25) is 0 Å². The lowest BCUT2D eigenvalue weighted by Crippen LogP contribution is -2.18. The predicted octanol–water partition coefficient (Wildman–Crippen LogP) is 2.20. The summed E-state index contributed by atoms with van der Waals surface area (Å²) < 4.78 is 0. The molecule has 0 bridgehead atoms.